The van der Waals surface area contributed by atoms with E-state index in [9.17, 15) is 14.0 Å². The summed E-state index contributed by atoms with van der Waals surface area (Å²) in [5, 5.41) is 7.57. The number of benzene rings is 2. The summed E-state index contributed by atoms with van der Waals surface area (Å²) in [5.74, 6) is -0.789. The van der Waals surface area contributed by atoms with Crippen molar-refractivity contribution in [3.05, 3.63) is 58.8 Å². The molecule has 22 heavy (non-hydrogen) atoms. The summed E-state index contributed by atoms with van der Waals surface area (Å²) in [4.78, 5) is 23.3. The summed E-state index contributed by atoms with van der Waals surface area (Å²) >= 11 is 3.29. The molecule has 114 valence electrons. The van der Waals surface area contributed by atoms with E-state index in [0.717, 1.165) is 4.47 Å². The quantitative estimate of drug-likeness (QED) is 0.777. The molecule has 0 spiro atoms. The topological polar surface area (TPSA) is 70.2 Å². The molecule has 5 nitrogen and oxygen atoms in total. The predicted octanol–water partition coefficient (Wildman–Crippen LogP) is 3.35. The third-order valence-electron chi connectivity index (χ3n) is 2.64. The van der Waals surface area contributed by atoms with Gasteiger partial charge in [-0.05, 0) is 48.5 Å². The first-order chi connectivity index (χ1) is 10.5. The Morgan fingerprint density at radius 3 is 2.09 bits per heavy atom. The SMILES string of the molecule is O=C(CNC(=O)Nc1ccc(Br)cc1)Nc1ccc(F)cc1. The van der Waals surface area contributed by atoms with Gasteiger partial charge < -0.3 is 16.0 Å². The zero-order chi connectivity index (χ0) is 15.9. The zero-order valence-electron chi connectivity index (χ0n) is 11.4. The Balaban J connectivity index is 1.76. The lowest BCUT2D eigenvalue weighted by Gasteiger charge is -2.08. The fourth-order valence-corrected chi connectivity index (χ4v) is 1.87. The number of urea groups is 1. The van der Waals surface area contributed by atoms with Crippen molar-refractivity contribution in [3.8, 4) is 0 Å². The van der Waals surface area contributed by atoms with Gasteiger partial charge in [-0.15, -0.1) is 0 Å². The van der Waals surface area contributed by atoms with Crippen LogP contribution in [0.25, 0.3) is 0 Å². The van der Waals surface area contributed by atoms with E-state index in [1.807, 2.05) is 0 Å². The van der Waals surface area contributed by atoms with Crippen molar-refractivity contribution in [1.82, 2.24) is 5.32 Å². The van der Waals surface area contributed by atoms with Crippen molar-refractivity contribution in [2.24, 2.45) is 0 Å². The average molecular weight is 366 g/mol. The minimum Gasteiger partial charge on any atom is -0.329 e. The fraction of sp³-hybridized carbons (Fsp3) is 0.0667. The van der Waals surface area contributed by atoms with E-state index in [1.165, 1.54) is 24.3 Å². The molecule has 2 aromatic rings. The van der Waals surface area contributed by atoms with E-state index in [0.29, 0.717) is 11.4 Å². The van der Waals surface area contributed by atoms with Gasteiger partial charge in [0, 0.05) is 15.8 Å². The first kappa shape index (κ1) is 16.0. The van der Waals surface area contributed by atoms with Crippen LogP contribution in [0.2, 0.25) is 0 Å². The molecule has 3 amide bonds. The van der Waals surface area contributed by atoms with Crippen molar-refractivity contribution in [1.29, 1.82) is 0 Å². The molecular formula is C15H13BrFN3O2. The number of amides is 3. The second-order valence-electron chi connectivity index (χ2n) is 4.37. The minimum absolute atomic E-state index is 0.195. The number of anilines is 2. The van der Waals surface area contributed by atoms with Crippen LogP contribution >= 0.6 is 15.9 Å². The molecule has 0 aliphatic heterocycles. The highest BCUT2D eigenvalue weighted by Crippen LogP contribution is 2.13. The van der Waals surface area contributed by atoms with Crippen LogP contribution in [0, 0.1) is 5.82 Å². The van der Waals surface area contributed by atoms with Crippen LogP contribution in [0.3, 0.4) is 0 Å². The van der Waals surface area contributed by atoms with E-state index < -0.39 is 11.9 Å². The lowest BCUT2D eigenvalue weighted by atomic mass is 10.3. The smallest absolute Gasteiger partial charge is 0.319 e. The Morgan fingerprint density at radius 1 is 0.909 bits per heavy atom. The highest BCUT2D eigenvalue weighted by atomic mass is 79.9. The number of rotatable bonds is 4. The molecule has 0 atom stereocenters. The van der Waals surface area contributed by atoms with E-state index in [4.69, 9.17) is 0 Å². The molecule has 0 aromatic heterocycles. The average Bonchev–Trinajstić information content (AvgIpc) is 2.50. The molecular weight excluding hydrogens is 353 g/mol. The first-order valence-corrected chi connectivity index (χ1v) is 7.18. The van der Waals surface area contributed by atoms with Crippen LogP contribution in [-0.4, -0.2) is 18.5 Å². The Kier molecular flexibility index (Phi) is 5.48. The molecule has 0 radical (unpaired) electrons. The summed E-state index contributed by atoms with van der Waals surface area (Å²) in [6.45, 7) is -0.195. The van der Waals surface area contributed by atoms with Crippen LogP contribution in [0.5, 0.6) is 0 Å². The molecule has 0 saturated heterocycles. The summed E-state index contributed by atoms with van der Waals surface area (Å²) in [6, 6.07) is 11.9. The summed E-state index contributed by atoms with van der Waals surface area (Å²) in [6.07, 6.45) is 0. The van der Waals surface area contributed by atoms with Gasteiger partial charge in [-0.25, -0.2) is 9.18 Å². The molecule has 2 aromatic carbocycles. The highest BCUT2D eigenvalue weighted by Gasteiger charge is 2.06. The number of hydrogen-bond donors (Lipinski definition) is 3. The lowest BCUT2D eigenvalue weighted by molar-refractivity contribution is -0.115. The van der Waals surface area contributed by atoms with Crippen molar-refractivity contribution >= 4 is 39.2 Å². The van der Waals surface area contributed by atoms with Gasteiger partial charge >= 0.3 is 6.03 Å². The van der Waals surface area contributed by atoms with Gasteiger partial charge in [-0.1, -0.05) is 15.9 Å². The van der Waals surface area contributed by atoms with E-state index in [2.05, 4.69) is 31.9 Å². The maximum Gasteiger partial charge on any atom is 0.319 e. The summed E-state index contributed by atoms with van der Waals surface area (Å²) in [5.41, 5.74) is 1.07. The van der Waals surface area contributed by atoms with Gasteiger partial charge in [0.25, 0.3) is 0 Å². The van der Waals surface area contributed by atoms with Crippen LogP contribution in [0.1, 0.15) is 0 Å². The van der Waals surface area contributed by atoms with Gasteiger partial charge in [-0.2, -0.15) is 0 Å². The minimum atomic E-state index is -0.489. The molecule has 7 heteroatoms. The Labute approximate surface area is 135 Å². The fourth-order valence-electron chi connectivity index (χ4n) is 1.61. The molecule has 0 unspecified atom stereocenters. The highest BCUT2D eigenvalue weighted by molar-refractivity contribution is 9.10. The zero-order valence-corrected chi connectivity index (χ0v) is 13.0. The number of nitrogens with one attached hydrogen (secondary N) is 3. The van der Waals surface area contributed by atoms with Crippen molar-refractivity contribution in [2.45, 2.75) is 0 Å². The molecule has 0 saturated carbocycles. The van der Waals surface area contributed by atoms with Crippen LogP contribution in [-0.2, 0) is 4.79 Å². The van der Waals surface area contributed by atoms with Crippen LogP contribution in [0.15, 0.2) is 53.0 Å². The molecule has 0 aliphatic carbocycles. The molecule has 0 heterocycles. The number of halogens is 2. The predicted molar refractivity (Wildman–Crippen MR) is 86.2 cm³/mol. The molecule has 0 aliphatic rings. The largest absolute Gasteiger partial charge is 0.329 e. The lowest BCUT2D eigenvalue weighted by Crippen LogP contribution is -2.35. The maximum atomic E-state index is 12.7. The Hall–Kier alpha value is -2.41. The van der Waals surface area contributed by atoms with Gasteiger partial charge in [0.15, 0.2) is 0 Å². The van der Waals surface area contributed by atoms with Gasteiger partial charge in [0.05, 0.1) is 6.54 Å². The molecule has 0 bridgehead atoms. The number of hydrogen-bond acceptors (Lipinski definition) is 2. The van der Waals surface area contributed by atoms with Crippen LogP contribution < -0.4 is 16.0 Å². The van der Waals surface area contributed by atoms with Gasteiger partial charge in [0.1, 0.15) is 5.82 Å². The second kappa shape index (κ2) is 7.56. The van der Waals surface area contributed by atoms with Crippen molar-refractivity contribution < 1.29 is 14.0 Å². The summed E-state index contributed by atoms with van der Waals surface area (Å²) < 4.78 is 13.6. The maximum absolute atomic E-state index is 12.7. The third kappa shape index (κ3) is 5.17. The first-order valence-electron chi connectivity index (χ1n) is 6.39. The monoisotopic (exact) mass is 365 g/mol. The van der Waals surface area contributed by atoms with Gasteiger partial charge in [0.2, 0.25) is 5.91 Å². The number of carbonyl (C=O) groups excluding carboxylic acids is 2. The Morgan fingerprint density at radius 2 is 1.45 bits per heavy atom. The third-order valence-corrected chi connectivity index (χ3v) is 3.17. The molecule has 2 rings (SSSR count). The van der Waals surface area contributed by atoms with Gasteiger partial charge in [-0.3, -0.25) is 4.79 Å². The summed E-state index contributed by atoms with van der Waals surface area (Å²) in [7, 11) is 0. The molecule has 3 N–H and O–H groups in total. The van der Waals surface area contributed by atoms with Crippen LogP contribution in [0.4, 0.5) is 20.6 Å². The van der Waals surface area contributed by atoms with E-state index >= 15 is 0 Å². The van der Waals surface area contributed by atoms with Crippen molar-refractivity contribution in [3.63, 3.8) is 0 Å². The van der Waals surface area contributed by atoms with E-state index in [-0.39, 0.29) is 12.4 Å². The molecule has 0 fully saturated rings. The van der Waals surface area contributed by atoms with Crippen molar-refractivity contribution in [2.75, 3.05) is 17.2 Å². The normalized spacial score (nSPS) is 9.91. The number of carbonyl (C=O) groups is 2. The van der Waals surface area contributed by atoms with E-state index in [1.54, 1.807) is 24.3 Å². The Bertz CT molecular complexity index is 600. The standard InChI is InChI=1S/C15H13BrFN3O2/c16-10-1-5-13(6-2-10)20-15(22)18-9-14(21)19-12-7-3-11(17)4-8-12/h1-8H,9H2,(H,19,21)(H2,18,20,22). The second-order valence-corrected chi connectivity index (χ2v) is 5.29.